The van der Waals surface area contributed by atoms with Crippen LogP contribution in [-0.2, 0) is 0 Å². The molecule has 2 atom stereocenters. The summed E-state index contributed by atoms with van der Waals surface area (Å²) in [4.78, 5) is 2.54. The highest BCUT2D eigenvalue weighted by molar-refractivity contribution is 6.42. The zero-order valence-corrected chi connectivity index (χ0v) is 14.2. The van der Waals surface area contributed by atoms with Crippen LogP contribution in [0.2, 0.25) is 10.0 Å². The van der Waals surface area contributed by atoms with E-state index in [0.29, 0.717) is 22.5 Å². The average Bonchev–Trinajstić information content (AvgIpc) is 2.72. The Kier molecular flexibility index (Phi) is 6.81. The lowest BCUT2D eigenvalue weighted by Gasteiger charge is -2.30. The Bertz CT molecular complexity index is 452. The Hall–Kier alpha value is -0.280. The molecule has 1 aromatic rings. The zero-order valence-electron chi connectivity index (χ0n) is 12.7. The Morgan fingerprint density at radius 3 is 2.86 bits per heavy atom. The highest BCUT2D eigenvalue weighted by Crippen LogP contribution is 2.31. The number of hydrogen-bond donors (Lipinski definition) is 1. The predicted molar refractivity (Wildman–Crippen MR) is 90.2 cm³/mol. The van der Waals surface area contributed by atoms with E-state index in [0.717, 1.165) is 18.7 Å². The Balaban J connectivity index is 1.96. The number of aliphatic hydroxyl groups is 1. The first-order chi connectivity index (χ1) is 10.1. The second-order valence-corrected chi connectivity index (χ2v) is 6.68. The summed E-state index contributed by atoms with van der Waals surface area (Å²) in [6.45, 7) is 4.32. The fourth-order valence-corrected chi connectivity index (χ4v) is 3.65. The van der Waals surface area contributed by atoms with E-state index in [1.54, 1.807) is 6.07 Å². The third-order valence-electron chi connectivity index (χ3n) is 4.50. The van der Waals surface area contributed by atoms with Crippen molar-refractivity contribution >= 4 is 23.2 Å². The van der Waals surface area contributed by atoms with Crippen LogP contribution in [-0.4, -0.2) is 29.1 Å². The maximum absolute atomic E-state index is 10.4. The second kappa shape index (κ2) is 8.38. The van der Waals surface area contributed by atoms with E-state index in [9.17, 15) is 5.11 Å². The predicted octanol–water partition coefficient (Wildman–Crippen LogP) is 5.07. The number of nitrogens with zero attached hydrogens (tertiary/aromatic N) is 1. The van der Waals surface area contributed by atoms with Crippen molar-refractivity contribution in [3.8, 4) is 0 Å². The number of benzene rings is 1. The number of hydrogen-bond acceptors (Lipinski definition) is 2. The van der Waals surface area contributed by atoms with Crippen LogP contribution >= 0.6 is 23.2 Å². The molecule has 1 N–H and O–H groups in total. The van der Waals surface area contributed by atoms with E-state index in [1.165, 1.54) is 32.1 Å². The Morgan fingerprint density at radius 1 is 1.29 bits per heavy atom. The maximum atomic E-state index is 10.4. The number of rotatable bonds is 5. The molecule has 1 aliphatic rings. The zero-order chi connectivity index (χ0) is 15.2. The van der Waals surface area contributed by atoms with Crippen molar-refractivity contribution in [3.05, 3.63) is 33.8 Å². The largest absolute Gasteiger partial charge is 0.388 e. The van der Waals surface area contributed by atoms with Crippen molar-refractivity contribution in [1.29, 1.82) is 0 Å². The molecule has 0 radical (unpaired) electrons. The summed E-state index contributed by atoms with van der Waals surface area (Å²) in [5, 5.41) is 11.4. The van der Waals surface area contributed by atoms with Gasteiger partial charge < -0.3 is 10.0 Å². The minimum atomic E-state index is -0.544. The minimum Gasteiger partial charge on any atom is -0.388 e. The van der Waals surface area contributed by atoms with Crippen LogP contribution < -0.4 is 0 Å². The van der Waals surface area contributed by atoms with Gasteiger partial charge in [0, 0.05) is 18.2 Å². The van der Waals surface area contributed by atoms with Crippen LogP contribution in [0.15, 0.2) is 18.2 Å². The van der Waals surface area contributed by atoms with E-state index in [1.807, 2.05) is 12.1 Å². The summed E-state index contributed by atoms with van der Waals surface area (Å²) in [6, 6.07) is 6.11. The van der Waals surface area contributed by atoms with Crippen molar-refractivity contribution < 1.29 is 5.11 Å². The van der Waals surface area contributed by atoms with Crippen LogP contribution in [0.25, 0.3) is 0 Å². The molecular weight excluding hydrogens is 305 g/mol. The van der Waals surface area contributed by atoms with E-state index in [2.05, 4.69) is 11.8 Å². The Labute approximate surface area is 138 Å². The van der Waals surface area contributed by atoms with Gasteiger partial charge in [0.25, 0.3) is 0 Å². The molecule has 0 spiro atoms. The molecule has 0 bridgehead atoms. The van der Waals surface area contributed by atoms with Gasteiger partial charge in [-0.15, -0.1) is 0 Å². The van der Waals surface area contributed by atoms with Gasteiger partial charge >= 0.3 is 0 Å². The first-order valence-electron chi connectivity index (χ1n) is 7.99. The molecule has 4 heteroatoms. The molecule has 1 saturated heterocycles. The van der Waals surface area contributed by atoms with Gasteiger partial charge in [-0.1, -0.05) is 55.1 Å². The first-order valence-corrected chi connectivity index (χ1v) is 8.75. The van der Waals surface area contributed by atoms with Crippen molar-refractivity contribution in [2.75, 3.05) is 13.1 Å². The molecule has 1 aromatic carbocycles. The lowest BCUT2D eigenvalue weighted by atomic mass is 10.0. The fraction of sp³-hybridized carbons (Fsp3) is 0.647. The smallest absolute Gasteiger partial charge is 0.0817 e. The molecular formula is C17H25Cl2NO. The molecule has 2 rings (SSSR count). The van der Waals surface area contributed by atoms with E-state index < -0.39 is 6.10 Å². The second-order valence-electron chi connectivity index (χ2n) is 5.89. The minimum absolute atomic E-state index is 0.481. The molecule has 1 aliphatic heterocycles. The SMILES string of the molecule is CCC1CCCCCN1CCC(O)c1cccc(Cl)c1Cl. The topological polar surface area (TPSA) is 23.5 Å². The van der Waals surface area contributed by atoms with Gasteiger partial charge in [-0.25, -0.2) is 0 Å². The molecule has 2 unspecified atom stereocenters. The van der Waals surface area contributed by atoms with Gasteiger partial charge in [0.05, 0.1) is 16.1 Å². The first kappa shape index (κ1) is 17.1. The summed E-state index contributed by atoms with van der Waals surface area (Å²) in [7, 11) is 0. The third-order valence-corrected chi connectivity index (χ3v) is 5.33. The normalized spacial score (nSPS) is 22.0. The molecule has 1 fully saturated rings. The van der Waals surface area contributed by atoms with Gasteiger partial charge in [-0.3, -0.25) is 0 Å². The Morgan fingerprint density at radius 2 is 2.10 bits per heavy atom. The summed E-state index contributed by atoms with van der Waals surface area (Å²) in [6.07, 6.45) is 6.56. The van der Waals surface area contributed by atoms with Crippen LogP contribution in [0.5, 0.6) is 0 Å². The van der Waals surface area contributed by atoms with Crippen molar-refractivity contribution in [3.63, 3.8) is 0 Å². The maximum Gasteiger partial charge on any atom is 0.0817 e. The van der Waals surface area contributed by atoms with Crippen molar-refractivity contribution in [1.82, 2.24) is 4.90 Å². The summed E-state index contributed by atoms with van der Waals surface area (Å²) >= 11 is 12.2. The molecule has 1 heterocycles. The number of aliphatic hydroxyl groups excluding tert-OH is 1. The fourth-order valence-electron chi connectivity index (χ4n) is 3.21. The molecule has 0 saturated carbocycles. The van der Waals surface area contributed by atoms with Gasteiger partial charge in [-0.05, 0) is 38.3 Å². The van der Waals surface area contributed by atoms with E-state index in [-0.39, 0.29) is 0 Å². The highest BCUT2D eigenvalue weighted by Gasteiger charge is 2.21. The molecule has 0 aliphatic carbocycles. The monoisotopic (exact) mass is 329 g/mol. The quantitative estimate of drug-likeness (QED) is 0.814. The highest BCUT2D eigenvalue weighted by atomic mass is 35.5. The van der Waals surface area contributed by atoms with Gasteiger partial charge in [0.1, 0.15) is 0 Å². The summed E-state index contributed by atoms with van der Waals surface area (Å²) in [5.74, 6) is 0. The van der Waals surface area contributed by atoms with Crippen molar-refractivity contribution in [2.24, 2.45) is 0 Å². The van der Waals surface area contributed by atoms with Crippen molar-refractivity contribution in [2.45, 2.75) is 57.6 Å². The van der Waals surface area contributed by atoms with Gasteiger partial charge in [0.15, 0.2) is 0 Å². The third kappa shape index (κ3) is 4.59. The average molecular weight is 330 g/mol. The van der Waals surface area contributed by atoms with E-state index in [4.69, 9.17) is 23.2 Å². The molecule has 2 nitrogen and oxygen atoms in total. The standard InChI is InChI=1S/C17H25Cl2NO/c1-2-13-7-4-3-5-11-20(13)12-10-16(21)14-8-6-9-15(18)17(14)19/h6,8-9,13,16,21H,2-5,7,10-12H2,1H3. The van der Waals surface area contributed by atoms with Crippen LogP contribution in [0.4, 0.5) is 0 Å². The lowest BCUT2D eigenvalue weighted by Crippen LogP contribution is -2.35. The summed E-state index contributed by atoms with van der Waals surface area (Å²) in [5.41, 5.74) is 0.743. The molecule has 118 valence electrons. The van der Waals surface area contributed by atoms with E-state index >= 15 is 0 Å². The van der Waals surface area contributed by atoms with Gasteiger partial charge in [-0.2, -0.15) is 0 Å². The summed E-state index contributed by atoms with van der Waals surface area (Å²) < 4.78 is 0. The van der Waals surface area contributed by atoms with Crippen LogP contribution in [0.3, 0.4) is 0 Å². The number of likely N-dealkylation sites (tertiary alicyclic amines) is 1. The molecule has 21 heavy (non-hydrogen) atoms. The van der Waals surface area contributed by atoms with Gasteiger partial charge in [0.2, 0.25) is 0 Å². The lowest BCUT2D eigenvalue weighted by molar-refractivity contribution is 0.122. The number of halogens is 2. The van der Waals surface area contributed by atoms with Crippen LogP contribution in [0, 0.1) is 0 Å². The molecule has 0 amide bonds. The van der Waals surface area contributed by atoms with Crippen LogP contribution in [0.1, 0.15) is 57.1 Å². The molecule has 0 aromatic heterocycles.